The highest BCUT2D eigenvalue weighted by molar-refractivity contribution is 6.15. The lowest BCUT2D eigenvalue weighted by Gasteiger charge is -2.33. The van der Waals surface area contributed by atoms with Crippen molar-refractivity contribution in [2.45, 2.75) is 38.3 Å². The Balaban J connectivity index is 1.47. The lowest BCUT2D eigenvalue weighted by molar-refractivity contribution is 0.0567. The first-order chi connectivity index (χ1) is 13.2. The Hall–Kier alpha value is -2.66. The Morgan fingerprint density at radius 3 is 2.81 bits per heavy atom. The zero-order valence-electron chi connectivity index (χ0n) is 14.9. The van der Waals surface area contributed by atoms with E-state index in [9.17, 15) is 9.18 Å². The number of hydrogen-bond acceptors (Lipinski definition) is 4. The van der Waals surface area contributed by atoms with Crippen molar-refractivity contribution in [3.05, 3.63) is 64.7 Å². The molecule has 2 aromatic rings. The van der Waals surface area contributed by atoms with Gasteiger partial charge in [-0.15, -0.1) is 0 Å². The van der Waals surface area contributed by atoms with Crippen LogP contribution in [0.15, 0.2) is 42.2 Å². The summed E-state index contributed by atoms with van der Waals surface area (Å²) in [6, 6.07) is 10.3. The van der Waals surface area contributed by atoms with E-state index in [0.717, 1.165) is 17.9 Å². The molecule has 1 fully saturated rings. The maximum Gasteiger partial charge on any atom is 0.231 e. The fraction of sp³-hybridized carbons (Fsp3) is 0.318. The molecule has 5 rings (SSSR count). The molecule has 5 heteroatoms. The number of carbonyl (C=O) groups excluding carboxylic acids is 1. The molecular weight excluding hydrogens is 345 g/mol. The quantitative estimate of drug-likeness (QED) is 0.733. The largest absolute Gasteiger partial charge is 0.478 e. The molecule has 0 spiro atoms. The van der Waals surface area contributed by atoms with Gasteiger partial charge < -0.3 is 9.47 Å². The second-order valence-electron chi connectivity index (χ2n) is 7.37. The van der Waals surface area contributed by atoms with E-state index in [4.69, 9.17) is 9.47 Å². The first kappa shape index (κ1) is 16.5. The lowest BCUT2D eigenvalue weighted by atomic mass is 10.0. The Kier molecular flexibility index (Phi) is 3.97. The molecule has 0 atom stereocenters. The van der Waals surface area contributed by atoms with E-state index < -0.39 is 0 Å². The average Bonchev–Trinajstić information content (AvgIpc) is 3.31. The summed E-state index contributed by atoms with van der Waals surface area (Å²) < 4.78 is 25.3. The third-order valence-electron chi connectivity index (χ3n) is 5.63. The molecule has 0 bridgehead atoms. The Morgan fingerprint density at radius 2 is 2.00 bits per heavy atom. The van der Waals surface area contributed by atoms with Gasteiger partial charge >= 0.3 is 0 Å². The van der Waals surface area contributed by atoms with Crippen LogP contribution >= 0.6 is 0 Å². The van der Waals surface area contributed by atoms with Gasteiger partial charge in [-0.3, -0.25) is 9.69 Å². The summed E-state index contributed by atoms with van der Waals surface area (Å²) in [7, 11) is 0. The number of fused-ring (bicyclic) bond motifs is 3. The van der Waals surface area contributed by atoms with Crippen molar-refractivity contribution in [1.82, 2.24) is 4.90 Å². The number of rotatable bonds is 2. The molecule has 2 aliphatic heterocycles. The molecule has 2 aromatic carbocycles. The van der Waals surface area contributed by atoms with Crippen LogP contribution < -0.4 is 9.47 Å². The van der Waals surface area contributed by atoms with Gasteiger partial charge in [-0.1, -0.05) is 25.0 Å². The van der Waals surface area contributed by atoms with E-state index >= 15 is 0 Å². The van der Waals surface area contributed by atoms with Gasteiger partial charge in [-0.2, -0.15) is 0 Å². The van der Waals surface area contributed by atoms with Gasteiger partial charge in [0.25, 0.3) is 0 Å². The highest BCUT2D eigenvalue weighted by Gasteiger charge is 2.35. The molecular formula is C22H20FNO3. The van der Waals surface area contributed by atoms with E-state index in [2.05, 4.69) is 4.90 Å². The van der Waals surface area contributed by atoms with Crippen molar-refractivity contribution in [2.24, 2.45) is 0 Å². The van der Waals surface area contributed by atoms with Crippen LogP contribution in [0, 0.1) is 5.82 Å². The van der Waals surface area contributed by atoms with Gasteiger partial charge in [0, 0.05) is 12.6 Å². The van der Waals surface area contributed by atoms with Crippen LogP contribution in [-0.2, 0) is 6.54 Å². The maximum absolute atomic E-state index is 13.4. The fourth-order valence-corrected chi connectivity index (χ4v) is 4.23. The van der Waals surface area contributed by atoms with E-state index in [1.54, 1.807) is 24.3 Å². The summed E-state index contributed by atoms with van der Waals surface area (Å²) in [5, 5.41) is 0. The zero-order chi connectivity index (χ0) is 18.4. The SMILES string of the molecule is O=C1/C(=C/c2cccc(F)c2)Oc2c1ccc1c2CN(C2CCCC2)CO1. The minimum atomic E-state index is -0.342. The normalized spacial score (nSPS) is 21.1. The van der Waals surface area contributed by atoms with Crippen molar-refractivity contribution in [2.75, 3.05) is 6.73 Å². The van der Waals surface area contributed by atoms with Crippen LogP contribution in [0.5, 0.6) is 11.5 Å². The van der Waals surface area contributed by atoms with E-state index in [1.807, 2.05) is 6.07 Å². The van der Waals surface area contributed by atoms with E-state index in [-0.39, 0.29) is 17.4 Å². The molecule has 0 N–H and O–H groups in total. The number of halogens is 1. The van der Waals surface area contributed by atoms with Crippen molar-refractivity contribution >= 4 is 11.9 Å². The minimum Gasteiger partial charge on any atom is -0.478 e. The van der Waals surface area contributed by atoms with Crippen molar-refractivity contribution in [1.29, 1.82) is 0 Å². The molecule has 4 nitrogen and oxygen atoms in total. The second-order valence-corrected chi connectivity index (χ2v) is 7.37. The number of carbonyl (C=O) groups is 1. The smallest absolute Gasteiger partial charge is 0.231 e. The Bertz CT molecular complexity index is 947. The topological polar surface area (TPSA) is 38.8 Å². The number of ketones is 1. The Labute approximate surface area is 157 Å². The van der Waals surface area contributed by atoms with Crippen LogP contribution in [0.3, 0.4) is 0 Å². The fourth-order valence-electron chi connectivity index (χ4n) is 4.23. The minimum absolute atomic E-state index is 0.171. The number of nitrogens with zero attached hydrogens (tertiary/aromatic N) is 1. The van der Waals surface area contributed by atoms with Crippen molar-refractivity contribution in [3.63, 3.8) is 0 Å². The van der Waals surface area contributed by atoms with E-state index in [1.165, 1.54) is 37.8 Å². The number of hydrogen-bond donors (Lipinski definition) is 0. The molecule has 3 aliphatic rings. The van der Waals surface area contributed by atoms with E-state index in [0.29, 0.717) is 29.6 Å². The molecule has 0 aromatic heterocycles. The highest BCUT2D eigenvalue weighted by atomic mass is 19.1. The van der Waals surface area contributed by atoms with Gasteiger partial charge in [0.1, 0.15) is 24.0 Å². The predicted octanol–water partition coefficient (Wildman–Crippen LogP) is 4.54. The summed E-state index contributed by atoms with van der Waals surface area (Å²) in [6.07, 6.45) is 6.50. The Morgan fingerprint density at radius 1 is 1.15 bits per heavy atom. The van der Waals surface area contributed by atoms with Gasteiger partial charge in [-0.05, 0) is 48.7 Å². The molecule has 27 heavy (non-hydrogen) atoms. The van der Waals surface area contributed by atoms with Crippen molar-refractivity contribution < 1.29 is 18.7 Å². The first-order valence-corrected chi connectivity index (χ1v) is 9.41. The summed E-state index contributed by atoms with van der Waals surface area (Å²) in [5.74, 6) is 1.08. The van der Waals surface area contributed by atoms with Crippen LogP contribution in [0.1, 0.15) is 47.2 Å². The summed E-state index contributed by atoms with van der Waals surface area (Å²) >= 11 is 0. The van der Waals surface area contributed by atoms with Gasteiger partial charge in [0.15, 0.2) is 5.76 Å². The van der Waals surface area contributed by atoms with Crippen LogP contribution in [0.2, 0.25) is 0 Å². The molecule has 2 heterocycles. The monoisotopic (exact) mass is 365 g/mol. The third kappa shape index (κ3) is 2.92. The molecule has 0 unspecified atom stereocenters. The first-order valence-electron chi connectivity index (χ1n) is 9.41. The van der Waals surface area contributed by atoms with Gasteiger partial charge in [0.05, 0.1) is 11.1 Å². The highest BCUT2D eigenvalue weighted by Crippen LogP contribution is 2.43. The third-order valence-corrected chi connectivity index (χ3v) is 5.63. The summed E-state index contributed by atoms with van der Waals surface area (Å²) in [6.45, 7) is 1.31. The van der Waals surface area contributed by atoms with Gasteiger partial charge in [-0.25, -0.2) is 4.39 Å². The van der Waals surface area contributed by atoms with Crippen LogP contribution in [0.4, 0.5) is 4.39 Å². The molecule has 138 valence electrons. The van der Waals surface area contributed by atoms with Crippen LogP contribution in [0.25, 0.3) is 6.08 Å². The summed E-state index contributed by atoms with van der Waals surface area (Å²) in [5.41, 5.74) is 2.08. The summed E-state index contributed by atoms with van der Waals surface area (Å²) in [4.78, 5) is 15.1. The molecule has 1 aliphatic carbocycles. The molecule has 0 saturated heterocycles. The van der Waals surface area contributed by atoms with Gasteiger partial charge in [0.2, 0.25) is 5.78 Å². The molecule has 0 amide bonds. The second kappa shape index (κ2) is 6.50. The number of ether oxygens (including phenoxy) is 2. The average molecular weight is 365 g/mol. The number of benzene rings is 2. The molecule has 1 saturated carbocycles. The van der Waals surface area contributed by atoms with Crippen molar-refractivity contribution in [3.8, 4) is 11.5 Å². The number of Topliss-reactive ketones (excluding diaryl/α,β-unsaturated/α-hetero) is 1. The standard InChI is InChI=1S/C22H20FNO3/c23-15-5-3-4-14(10-15)11-20-21(25)17-8-9-19-18(22(17)27-20)12-24(13-26-19)16-6-1-2-7-16/h3-5,8-11,16H,1-2,6-7,12-13H2/b20-11-. The van der Waals surface area contributed by atoms with Crippen LogP contribution in [-0.4, -0.2) is 23.5 Å². The number of allylic oxidation sites excluding steroid dienone is 1. The maximum atomic E-state index is 13.4. The predicted molar refractivity (Wildman–Crippen MR) is 99.1 cm³/mol. The zero-order valence-corrected chi connectivity index (χ0v) is 14.9. The lowest BCUT2D eigenvalue weighted by Crippen LogP contribution is -2.39. The molecule has 0 radical (unpaired) electrons.